The Morgan fingerprint density at radius 2 is 1.79 bits per heavy atom. The Balaban J connectivity index is 1.84. The van der Waals surface area contributed by atoms with Crippen molar-refractivity contribution in [2.45, 2.75) is 31.8 Å². The molecular formula is C19H20F3NO5. The number of alkyl halides is 2. The second kappa shape index (κ2) is 10.5. The van der Waals surface area contributed by atoms with Gasteiger partial charge in [-0.2, -0.15) is 8.78 Å². The van der Waals surface area contributed by atoms with Crippen molar-refractivity contribution in [1.82, 2.24) is 5.32 Å². The van der Waals surface area contributed by atoms with E-state index < -0.39 is 42.0 Å². The molecule has 2 aromatic carbocycles. The normalized spacial score (nSPS) is 13.1. The Bertz CT molecular complexity index is 760. The number of aliphatic hydroxyl groups excluding tert-OH is 2. The summed E-state index contributed by atoms with van der Waals surface area (Å²) in [5.74, 6) is -1.57. The highest BCUT2D eigenvalue weighted by molar-refractivity contribution is 5.67. The number of carbonyl (C=O) groups excluding carboxylic acids is 1. The van der Waals surface area contributed by atoms with Crippen LogP contribution in [0.2, 0.25) is 0 Å². The van der Waals surface area contributed by atoms with Gasteiger partial charge >= 0.3 is 12.7 Å². The lowest BCUT2D eigenvalue weighted by molar-refractivity contribution is -0.0545. The molecule has 9 heteroatoms. The van der Waals surface area contributed by atoms with E-state index in [0.29, 0.717) is 0 Å². The quantitative estimate of drug-likeness (QED) is 0.603. The highest BCUT2D eigenvalue weighted by Crippen LogP contribution is 2.31. The molecule has 0 fully saturated rings. The van der Waals surface area contributed by atoms with E-state index in [1.165, 1.54) is 0 Å². The van der Waals surface area contributed by atoms with E-state index in [1.807, 2.05) is 6.07 Å². The number of halogens is 3. The van der Waals surface area contributed by atoms with Crippen LogP contribution in [0.15, 0.2) is 48.5 Å². The zero-order valence-corrected chi connectivity index (χ0v) is 14.7. The molecule has 2 aromatic rings. The average molecular weight is 399 g/mol. The summed E-state index contributed by atoms with van der Waals surface area (Å²) in [5.41, 5.74) is 0.209. The van der Waals surface area contributed by atoms with Gasteiger partial charge in [0, 0.05) is 6.54 Å². The number of amides is 1. The fourth-order valence-corrected chi connectivity index (χ4v) is 2.45. The fourth-order valence-electron chi connectivity index (χ4n) is 2.45. The maximum atomic E-state index is 13.9. The van der Waals surface area contributed by atoms with Gasteiger partial charge in [0.05, 0.1) is 11.7 Å². The van der Waals surface area contributed by atoms with Crippen LogP contribution in [0.1, 0.15) is 23.7 Å². The maximum absolute atomic E-state index is 13.9. The van der Waals surface area contributed by atoms with Crippen LogP contribution in [-0.4, -0.2) is 35.6 Å². The monoisotopic (exact) mass is 399 g/mol. The predicted molar refractivity (Wildman–Crippen MR) is 93.2 cm³/mol. The van der Waals surface area contributed by atoms with Crippen molar-refractivity contribution in [3.8, 4) is 5.75 Å². The Kier molecular flexibility index (Phi) is 8.09. The molecule has 152 valence electrons. The minimum Gasteiger partial charge on any atom is -0.445 e. The molecule has 0 aromatic heterocycles. The minimum atomic E-state index is -3.22. The van der Waals surface area contributed by atoms with Crippen molar-refractivity contribution < 1.29 is 37.7 Å². The summed E-state index contributed by atoms with van der Waals surface area (Å²) in [6, 6.07) is 12.1. The predicted octanol–water partition coefficient (Wildman–Crippen LogP) is 3.14. The van der Waals surface area contributed by atoms with E-state index in [0.717, 1.165) is 23.8 Å². The first-order valence-corrected chi connectivity index (χ1v) is 8.42. The van der Waals surface area contributed by atoms with E-state index in [-0.39, 0.29) is 19.6 Å². The summed E-state index contributed by atoms with van der Waals surface area (Å²) < 4.78 is 48.0. The SMILES string of the molecule is O=C(NCCC(O)C(O)c1c(F)cccc1OC(F)F)OCc1ccccc1. The van der Waals surface area contributed by atoms with Gasteiger partial charge in [0.25, 0.3) is 0 Å². The van der Waals surface area contributed by atoms with Gasteiger partial charge in [-0.3, -0.25) is 0 Å². The van der Waals surface area contributed by atoms with Crippen LogP contribution in [0.5, 0.6) is 5.75 Å². The second-order valence-electron chi connectivity index (χ2n) is 5.82. The summed E-state index contributed by atoms with van der Waals surface area (Å²) in [7, 11) is 0. The molecule has 3 N–H and O–H groups in total. The molecule has 28 heavy (non-hydrogen) atoms. The standard InChI is InChI=1S/C19H20F3NO5/c20-13-7-4-8-15(28-18(21)22)16(13)17(25)14(24)9-10-23-19(26)27-11-12-5-2-1-3-6-12/h1-8,14,17-18,24-25H,9-11H2,(H,23,26). The third kappa shape index (κ3) is 6.43. The second-order valence-corrected chi connectivity index (χ2v) is 5.82. The molecule has 1 amide bonds. The lowest BCUT2D eigenvalue weighted by atomic mass is 10.0. The zero-order chi connectivity index (χ0) is 20.5. The molecule has 2 atom stereocenters. The molecule has 2 rings (SSSR count). The average Bonchev–Trinajstić information content (AvgIpc) is 2.66. The lowest BCUT2D eigenvalue weighted by Crippen LogP contribution is -2.30. The molecule has 0 aliphatic carbocycles. The highest BCUT2D eigenvalue weighted by Gasteiger charge is 2.26. The van der Waals surface area contributed by atoms with Gasteiger partial charge in [-0.25, -0.2) is 9.18 Å². The van der Waals surface area contributed by atoms with Gasteiger partial charge in [-0.05, 0) is 24.1 Å². The minimum absolute atomic E-state index is 0.0569. The van der Waals surface area contributed by atoms with Crippen molar-refractivity contribution in [2.75, 3.05) is 6.54 Å². The van der Waals surface area contributed by atoms with Crippen LogP contribution in [0.4, 0.5) is 18.0 Å². The van der Waals surface area contributed by atoms with Crippen LogP contribution in [0.3, 0.4) is 0 Å². The third-order valence-corrected chi connectivity index (χ3v) is 3.81. The van der Waals surface area contributed by atoms with Gasteiger partial charge in [-0.15, -0.1) is 0 Å². The van der Waals surface area contributed by atoms with E-state index in [9.17, 15) is 28.2 Å². The number of ether oxygens (including phenoxy) is 2. The van der Waals surface area contributed by atoms with Gasteiger partial charge in [0.2, 0.25) is 0 Å². The molecule has 0 saturated heterocycles. The summed E-state index contributed by atoms with van der Waals surface area (Å²) in [5, 5.41) is 22.5. The Hall–Kier alpha value is -2.78. The first kappa shape index (κ1) is 21.5. The zero-order valence-electron chi connectivity index (χ0n) is 14.7. The van der Waals surface area contributed by atoms with E-state index in [4.69, 9.17) is 4.74 Å². The van der Waals surface area contributed by atoms with Crippen LogP contribution < -0.4 is 10.1 Å². The van der Waals surface area contributed by atoms with Crippen LogP contribution >= 0.6 is 0 Å². The Morgan fingerprint density at radius 1 is 1.07 bits per heavy atom. The highest BCUT2D eigenvalue weighted by atomic mass is 19.3. The molecule has 0 bridgehead atoms. The molecule has 2 unspecified atom stereocenters. The fraction of sp³-hybridized carbons (Fsp3) is 0.316. The number of hydrogen-bond acceptors (Lipinski definition) is 5. The van der Waals surface area contributed by atoms with Crippen LogP contribution in [0, 0.1) is 5.82 Å². The summed E-state index contributed by atoms with van der Waals surface area (Å²) >= 11 is 0. The van der Waals surface area contributed by atoms with Crippen molar-refractivity contribution in [3.63, 3.8) is 0 Å². The Labute approximate surface area is 159 Å². The molecule has 0 heterocycles. The number of nitrogens with one attached hydrogen (secondary N) is 1. The Morgan fingerprint density at radius 3 is 2.46 bits per heavy atom. The van der Waals surface area contributed by atoms with E-state index in [2.05, 4.69) is 10.1 Å². The topological polar surface area (TPSA) is 88.0 Å². The summed E-state index contributed by atoms with van der Waals surface area (Å²) in [6.45, 7) is -3.25. The van der Waals surface area contributed by atoms with Gasteiger partial charge in [-0.1, -0.05) is 36.4 Å². The van der Waals surface area contributed by atoms with E-state index in [1.54, 1.807) is 24.3 Å². The number of hydrogen-bond donors (Lipinski definition) is 3. The molecule has 0 saturated carbocycles. The summed E-state index contributed by atoms with van der Waals surface area (Å²) in [6.07, 6.45) is -4.27. The first-order valence-electron chi connectivity index (χ1n) is 8.42. The molecular weight excluding hydrogens is 379 g/mol. The van der Waals surface area contributed by atoms with Gasteiger partial charge in [0.15, 0.2) is 0 Å². The molecule has 0 aliphatic heterocycles. The largest absolute Gasteiger partial charge is 0.445 e. The number of rotatable bonds is 9. The maximum Gasteiger partial charge on any atom is 0.407 e. The summed E-state index contributed by atoms with van der Waals surface area (Å²) in [4.78, 5) is 11.6. The van der Waals surface area contributed by atoms with Crippen molar-refractivity contribution in [3.05, 3.63) is 65.5 Å². The van der Waals surface area contributed by atoms with Gasteiger partial charge < -0.3 is 25.0 Å². The van der Waals surface area contributed by atoms with Crippen LogP contribution in [-0.2, 0) is 11.3 Å². The van der Waals surface area contributed by atoms with Gasteiger partial charge in [0.1, 0.15) is 24.3 Å². The van der Waals surface area contributed by atoms with Crippen molar-refractivity contribution in [2.24, 2.45) is 0 Å². The lowest BCUT2D eigenvalue weighted by Gasteiger charge is -2.21. The molecule has 6 nitrogen and oxygen atoms in total. The van der Waals surface area contributed by atoms with Crippen molar-refractivity contribution in [1.29, 1.82) is 0 Å². The first-order chi connectivity index (χ1) is 13.4. The molecule has 0 spiro atoms. The van der Waals surface area contributed by atoms with Crippen LogP contribution in [0.25, 0.3) is 0 Å². The smallest absolute Gasteiger partial charge is 0.407 e. The third-order valence-electron chi connectivity index (χ3n) is 3.81. The molecule has 0 radical (unpaired) electrons. The van der Waals surface area contributed by atoms with E-state index >= 15 is 0 Å². The number of aliphatic hydroxyl groups is 2. The molecule has 0 aliphatic rings. The number of carbonyl (C=O) groups is 1. The number of alkyl carbamates (subject to hydrolysis) is 1. The number of benzene rings is 2. The van der Waals surface area contributed by atoms with Crippen molar-refractivity contribution >= 4 is 6.09 Å².